The van der Waals surface area contributed by atoms with Crippen LogP contribution in [0.1, 0.15) is 58.8 Å². The molecule has 8 rings (SSSR count). The molecule has 2 heterocycles. The van der Waals surface area contributed by atoms with Gasteiger partial charge in [-0.2, -0.15) is 4.98 Å². The summed E-state index contributed by atoms with van der Waals surface area (Å²) in [5, 5.41) is 23.5. The number of aromatic nitrogens is 2. The molecule has 10 heteroatoms. The number of rotatable bonds is 16. The zero-order valence-electron chi connectivity index (χ0n) is 35.4. The predicted molar refractivity (Wildman–Crippen MR) is 242 cm³/mol. The molecule has 6 aromatic carbocycles. The Morgan fingerprint density at radius 1 is 0.651 bits per heavy atom. The van der Waals surface area contributed by atoms with Crippen LogP contribution in [-0.4, -0.2) is 58.9 Å². The fourth-order valence-corrected chi connectivity index (χ4v) is 8.44. The van der Waals surface area contributed by atoms with Crippen molar-refractivity contribution < 1.29 is 33.9 Å². The summed E-state index contributed by atoms with van der Waals surface area (Å²) in [7, 11) is 3.25. The maximum absolute atomic E-state index is 12.8. The SMILES string of the molecule is CC/C(O)=C/c1nc(=O)ccn1[C@@H]1O[C@H](COC(c2ccccc2)(c2ccccc2)c2ccc(OC)cc2)[C@@H](OC(c2ccccc2)(c2ccccc2)c2ccc(OC)cc2)[C@@H]1O. The molecule has 1 saturated heterocycles. The van der Waals surface area contributed by atoms with Gasteiger partial charge in [-0.25, -0.2) is 0 Å². The standard InChI is InChI=1S/C53H50N2O8/c1-4-43(56)35-47-54-48(57)33-34-55(47)51-49(58)50(63-53(39-21-13-7-14-22-39,40-23-15-8-16-24-40)42-27-31-45(60-3)32-28-42)46(62-51)36-61-52(37-17-9-5-10-18-37,38-19-11-6-12-20-38)41-25-29-44(59-2)30-26-41/h5-35,46,49-51,56,58H,4,36H2,1-3H3/b43-35-/t46-,49+,50-,51-/m1/s1. The maximum Gasteiger partial charge on any atom is 0.273 e. The molecular weight excluding hydrogens is 793 g/mol. The predicted octanol–water partition coefficient (Wildman–Crippen LogP) is 9.21. The monoisotopic (exact) mass is 842 g/mol. The zero-order valence-corrected chi connectivity index (χ0v) is 35.4. The maximum atomic E-state index is 12.8. The van der Waals surface area contributed by atoms with Crippen LogP contribution >= 0.6 is 0 Å². The molecule has 63 heavy (non-hydrogen) atoms. The molecule has 10 nitrogen and oxygen atoms in total. The van der Waals surface area contributed by atoms with E-state index in [0.29, 0.717) is 17.9 Å². The Morgan fingerprint density at radius 2 is 1.08 bits per heavy atom. The van der Waals surface area contributed by atoms with Gasteiger partial charge in [0.25, 0.3) is 5.56 Å². The van der Waals surface area contributed by atoms with Crippen LogP contribution in [0.5, 0.6) is 11.5 Å². The van der Waals surface area contributed by atoms with Gasteiger partial charge in [0.05, 0.1) is 26.6 Å². The Labute approximate surface area is 367 Å². The Bertz CT molecular complexity index is 2560. The topological polar surface area (TPSA) is 122 Å². The highest BCUT2D eigenvalue weighted by atomic mass is 16.6. The van der Waals surface area contributed by atoms with Gasteiger partial charge in [-0.1, -0.05) is 153 Å². The number of aliphatic hydroxyl groups is 2. The molecule has 1 aliphatic heterocycles. The molecule has 0 spiro atoms. The van der Waals surface area contributed by atoms with E-state index in [1.165, 1.54) is 18.3 Å². The zero-order chi connectivity index (χ0) is 43.8. The second-order valence-electron chi connectivity index (χ2n) is 15.3. The van der Waals surface area contributed by atoms with Crippen molar-refractivity contribution in [3.8, 4) is 11.5 Å². The molecule has 4 atom stereocenters. The number of allylic oxidation sites excluding steroid dienone is 1. The Kier molecular flexibility index (Phi) is 13.0. The molecule has 1 aliphatic rings. The second kappa shape index (κ2) is 19.1. The van der Waals surface area contributed by atoms with Crippen LogP contribution in [0.25, 0.3) is 6.08 Å². The van der Waals surface area contributed by atoms with Crippen LogP contribution in [0.15, 0.2) is 193 Å². The Balaban J connectivity index is 1.32. The number of benzene rings is 6. The minimum Gasteiger partial charge on any atom is -0.512 e. The van der Waals surface area contributed by atoms with Crippen LogP contribution in [0.3, 0.4) is 0 Å². The molecule has 1 fully saturated rings. The van der Waals surface area contributed by atoms with Crippen molar-refractivity contribution in [1.82, 2.24) is 9.55 Å². The third-order valence-corrected chi connectivity index (χ3v) is 11.6. The summed E-state index contributed by atoms with van der Waals surface area (Å²) in [5.74, 6) is 1.48. The highest BCUT2D eigenvalue weighted by Crippen LogP contribution is 2.47. The number of hydrogen-bond acceptors (Lipinski definition) is 9. The van der Waals surface area contributed by atoms with Crippen molar-refractivity contribution in [1.29, 1.82) is 0 Å². The molecule has 0 aliphatic carbocycles. The van der Waals surface area contributed by atoms with Gasteiger partial charge in [0.2, 0.25) is 0 Å². The minimum absolute atomic E-state index is 0.00342. The molecular formula is C53H50N2O8. The highest BCUT2D eigenvalue weighted by Gasteiger charge is 2.52. The molecule has 7 aromatic rings. The van der Waals surface area contributed by atoms with Gasteiger partial charge in [-0.15, -0.1) is 0 Å². The lowest BCUT2D eigenvalue weighted by atomic mass is 9.79. The summed E-state index contributed by atoms with van der Waals surface area (Å²) >= 11 is 0. The van der Waals surface area contributed by atoms with Gasteiger partial charge >= 0.3 is 0 Å². The van der Waals surface area contributed by atoms with Gasteiger partial charge in [0.1, 0.15) is 46.8 Å². The number of ether oxygens (including phenoxy) is 5. The summed E-state index contributed by atoms with van der Waals surface area (Å²) in [6.07, 6.45) is -1.33. The van der Waals surface area contributed by atoms with Gasteiger partial charge in [0.15, 0.2) is 6.23 Å². The average molecular weight is 843 g/mol. The van der Waals surface area contributed by atoms with Gasteiger partial charge < -0.3 is 38.5 Å². The molecule has 0 unspecified atom stereocenters. The van der Waals surface area contributed by atoms with Crippen molar-refractivity contribution in [3.63, 3.8) is 0 Å². The molecule has 1 aromatic heterocycles. The van der Waals surface area contributed by atoms with Crippen molar-refractivity contribution in [2.75, 3.05) is 20.8 Å². The lowest BCUT2D eigenvalue weighted by Gasteiger charge is -2.41. The van der Waals surface area contributed by atoms with Crippen molar-refractivity contribution in [2.24, 2.45) is 0 Å². The van der Waals surface area contributed by atoms with E-state index in [4.69, 9.17) is 23.7 Å². The Morgan fingerprint density at radius 3 is 1.52 bits per heavy atom. The van der Waals surface area contributed by atoms with Crippen LogP contribution in [0.4, 0.5) is 0 Å². The van der Waals surface area contributed by atoms with Crippen LogP contribution in [0.2, 0.25) is 0 Å². The molecule has 0 amide bonds. The summed E-state index contributed by atoms with van der Waals surface area (Å²) < 4.78 is 34.7. The minimum atomic E-state index is -1.37. The van der Waals surface area contributed by atoms with E-state index in [-0.39, 0.29) is 18.2 Å². The van der Waals surface area contributed by atoms with E-state index in [1.54, 1.807) is 25.7 Å². The lowest BCUT2D eigenvalue weighted by molar-refractivity contribution is -0.131. The molecule has 0 saturated carbocycles. The lowest BCUT2D eigenvalue weighted by Crippen LogP contribution is -2.46. The van der Waals surface area contributed by atoms with E-state index in [2.05, 4.69) is 4.98 Å². The van der Waals surface area contributed by atoms with Crippen molar-refractivity contribution in [3.05, 3.63) is 237 Å². The number of methoxy groups -OCH3 is 2. The first-order chi connectivity index (χ1) is 30.8. The van der Waals surface area contributed by atoms with Gasteiger partial charge in [-0.3, -0.25) is 4.79 Å². The first kappa shape index (κ1) is 42.9. The normalized spacial score (nSPS) is 17.9. The van der Waals surface area contributed by atoms with Crippen molar-refractivity contribution in [2.45, 2.75) is 49.1 Å². The summed E-state index contributed by atoms with van der Waals surface area (Å²) in [4.78, 5) is 16.9. The first-order valence-electron chi connectivity index (χ1n) is 21.0. The van der Waals surface area contributed by atoms with E-state index in [0.717, 1.165) is 33.4 Å². The molecule has 2 N–H and O–H groups in total. The summed E-state index contributed by atoms with van der Waals surface area (Å²) in [6, 6.07) is 56.5. The van der Waals surface area contributed by atoms with Gasteiger partial charge in [-0.05, 0) is 57.6 Å². The van der Waals surface area contributed by atoms with Gasteiger partial charge in [0, 0.05) is 24.8 Å². The van der Waals surface area contributed by atoms with Crippen LogP contribution < -0.4 is 15.0 Å². The largest absolute Gasteiger partial charge is 0.512 e. The van der Waals surface area contributed by atoms with Crippen LogP contribution in [-0.2, 0) is 25.4 Å². The number of aliphatic hydroxyl groups excluding tert-OH is 2. The van der Waals surface area contributed by atoms with Crippen LogP contribution in [0, 0.1) is 0 Å². The van der Waals surface area contributed by atoms with E-state index >= 15 is 0 Å². The number of hydrogen-bond donors (Lipinski definition) is 2. The van der Waals surface area contributed by atoms with Crippen molar-refractivity contribution >= 4 is 6.08 Å². The first-order valence-corrected chi connectivity index (χ1v) is 21.0. The van der Waals surface area contributed by atoms with E-state index < -0.39 is 41.3 Å². The number of nitrogens with zero attached hydrogens (tertiary/aromatic N) is 2. The molecule has 0 radical (unpaired) electrons. The third kappa shape index (κ3) is 8.54. The smallest absolute Gasteiger partial charge is 0.273 e. The third-order valence-electron chi connectivity index (χ3n) is 11.6. The Hall–Kier alpha value is -6.82. The fraction of sp³-hybridized carbons (Fsp3) is 0.208. The fourth-order valence-electron chi connectivity index (χ4n) is 8.44. The second-order valence-corrected chi connectivity index (χ2v) is 15.3. The summed E-state index contributed by atoms with van der Waals surface area (Å²) in [5.41, 5.74) is 1.94. The average Bonchev–Trinajstić information content (AvgIpc) is 3.65. The quantitative estimate of drug-likeness (QED) is 0.0725. The van der Waals surface area contributed by atoms with E-state index in [9.17, 15) is 15.0 Å². The summed E-state index contributed by atoms with van der Waals surface area (Å²) in [6.45, 7) is 1.70. The highest BCUT2D eigenvalue weighted by molar-refractivity contribution is 5.51. The van der Waals surface area contributed by atoms with E-state index in [1.807, 2.05) is 170 Å². The molecule has 320 valence electrons. The molecule has 0 bridgehead atoms.